The Labute approximate surface area is 109 Å². The number of hydrogen-bond donors (Lipinski definition) is 2. The number of terminal acetylenes is 1. The molecule has 0 aliphatic heterocycles. The van der Waals surface area contributed by atoms with Crippen LogP contribution in [0.4, 0.5) is 5.69 Å². The van der Waals surface area contributed by atoms with Crippen molar-refractivity contribution in [3.05, 3.63) is 24.3 Å². The summed E-state index contributed by atoms with van der Waals surface area (Å²) in [6.45, 7) is 0.414. The van der Waals surface area contributed by atoms with Crippen LogP contribution in [0.1, 0.15) is 19.3 Å². The molecule has 1 aromatic rings. The molecule has 0 unspecified atom stereocenters. The zero-order valence-corrected chi connectivity index (χ0v) is 11.3. The van der Waals surface area contributed by atoms with Gasteiger partial charge in [0.1, 0.15) is 0 Å². The molecule has 1 aromatic carbocycles. The molecule has 0 spiro atoms. The predicted octanol–water partition coefficient (Wildman–Crippen LogP) is 1.81. The van der Waals surface area contributed by atoms with Crippen LogP contribution in [-0.4, -0.2) is 22.0 Å². The van der Waals surface area contributed by atoms with E-state index in [0.717, 1.165) is 18.5 Å². The van der Waals surface area contributed by atoms with Crippen molar-refractivity contribution in [1.82, 2.24) is 4.72 Å². The summed E-state index contributed by atoms with van der Waals surface area (Å²) in [6.07, 6.45) is 7.38. The van der Waals surface area contributed by atoms with Gasteiger partial charge in [-0.3, -0.25) is 0 Å². The molecule has 4 nitrogen and oxygen atoms in total. The third kappa shape index (κ3) is 4.40. The standard InChI is InChI=1S/C13H18N2O2S/c1-3-4-5-6-11-15-18(16,17)13-9-7-12(14-2)8-10-13/h1,7-10,14-15H,4-6,11H2,2H3. The number of nitrogens with one attached hydrogen (secondary N) is 2. The number of anilines is 1. The Balaban J connectivity index is 2.55. The van der Waals surface area contributed by atoms with E-state index in [0.29, 0.717) is 13.0 Å². The molecular weight excluding hydrogens is 248 g/mol. The van der Waals surface area contributed by atoms with Crippen LogP contribution in [0.15, 0.2) is 29.2 Å². The van der Waals surface area contributed by atoms with E-state index in [1.807, 2.05) is 0 Å². The van der Waals surface area contributed by atoms with E-state index in [1.54, 1.807) is 31.3 Å². The lowest BCUT2D eigenvalue weighted by atomic mass is 10.2. The summed E-state index contributed by atoms with van der Waals surface area (Å²) < 4.78 is 26.3. The van der Waals surface area contributed by atoms with Gasteiger partial charge in [-0.25, -0.2) is 13.1 Å². The van der Waals surface area contributed by atoms with Crippen LogP contribution in [0.3, 0.4) is 0 Å². The molecule has 0 aromatic heterocycles. The molecule has 0 aliphatic carbocycles. The average molecular weight is 266 g/mol. The summed E-state index contributed by atoms with van der Waals surface area (Å²) in [5, 5.41) is 2.94. The number of unbranched alkanes of at least 4 members (excludes halogenated alkanes) is 2. The van der Waals surface area contributed by atoms with Crippen LogP contribution in [0, 0.1) is 12.3 Å². The lowest BCUT2D eigenvalue weighted by Crippen LogP contribution is -2.24. The van der Waals surface area contributed by atoms with Gasteiger partial charge >= 0.3 is 0 Å². The fraction of sp³-hybridized carbons (Fsp3) is 0.385. The molecule has 1 rings (SSSR count). The Morgan fingerprint density at radius 2 is 1.89 bits per heavy atom. The lowest BCUT2D eigenvalue weighted by molar-refractivity contribution is 0.577. The summed E-state index contributed by atoms with van der Waals surface area (Å²) >= 11 is 0. The van der Waals surface area contributed by atoms with Crippen LogP contribution in [0.25, 0.3) is 0 Å². The fourth-order valence-corrected chi connectivity index (χ4v) is 2.52. The second kappa shape index (κ2) is 7.04. The van der Waals surface area contributed by atoms with Gasteiger partial charge in [0.2, 0.25) is 10.0 Å². The topological polar surface area (TPSA) is 58.2 Å². The summed E-state index contributed by atoms with van der Waals surface area (Å²) in [5.41, 5.74) is 0.878. The average Bonchev–Trinajstić information content (AvgIpc) is 2.38. The monoisotopic (exact) mass is 266 g/mol. The Bertz CT molecular complexity index is 501. The van der Waals surface area contributed by atoms with E-state index in [9.17, 15) is 8.42 Å². The second-order valence-corrected chi connectivity index (χ2v) is 5.60. The van der Waals surface area contributed by atoms with E-state index in [1.165, 1.54) is 0 Å². The van der Waals surface area contributed by atoms with Gasteiger partial charge in [0, 0.05) is 25.7 Å². The van der Waals surface area contributed by atoms with Crippen molar-refractivity contribution < 1.29 is 8.42 Å². The largest absolute Gasteiger partial charge is 0.388 e. The first kappa shape index (κ1) is 14.6. The molecule has 0 bridgehead atoms. The van der Waals surface area contributed by atoms with Gasteiger partial charge in [0.15, 0.2) is 0 Å². The normalized spacial score (nSPS) is 10.9. The van der Waals surface area contributed by atoms with E-state index >= 15 is 0 Å². The molecule has 0 fully saturated rings. The molecule has 0 amide bonds. The first-order valence-corrected chi connectivity index (χ1v) is 7.29. The zero-order valence-electron chi connectivity index (χ0n) is 10.4. The minimum atomic E-state index is -3.40. The Morgan fingerprint density at radius 3 is 2.44 bits per heavy atom. The van der Waals surface area contributed by atoms with E-state index in [2.05, 4.69) is 16.0 Å². The molecule has 18 heavy (non-hydrogen) atoms. The quantitative estimate of drug-likeness (QED) is 0.584. The highest BCUT2D eigenvalue weighted by Gasteiger charge is 2.12. The maximum absolute atomic E-state index is 11.9. The van der Waals surface area contributed by atoms with Crippen molar-refractivity contribution >= 4 is 15.7 Å². The lowest BCUT2D eigenvalue weighted by Gasteiger charge is -2.07. The smallest absolute Gasteiger partial charge is 0.240 e. The highest BCUT2D eigenvalue weighted by atomic mass is 32.2. The summed E-state index contributed by atoms with van der Waals surface area (Å²) in [7, 11) is -1.62. The van der Waals surface area contributed by atoms with Crippen molar-refractivity contribution in [1.29, 1.82) is 0 Å². The van der Waals surface area contributed by atoms with Crippen molar-refractivity contribution in [3.63, 3.8) is 0 Å². The number of sulfonamides is 1. The minimum absolute atomic E-state index is 0.276. The first-order chi connectivity index (χ1) is 8.60. The van der Waals surface area contributed by atoms with Gasteiger partial charge in [-0.2, -0.15) is 0 Å². The molecule has 0 saturated heterocycles. The highest BCUT2D eigenvalue weighted by Crippen LogP contribution is 2.13. The zero-order chi connectivity index (χ0) is 13.4. The van der Waals surface area contributed by atoms with Crippen LogP contribution in [0.5, 0.6) is 0 Å². The molecule has 0 atom stereocenters. The van der Waals surface area contributed by atoms with Crippen molar-refractivity contribution in [2.75, 3.05) is 18.9 Å². The predicted molar refractivity (Wildman–Crippen MR) is 73.9 cm³/mol. The van der Waals surface area contributed by atoms with E-state index in [4.69, 9.17) is 6.42 Å². The van der Waals surface area contributed by atoms with Crippen molar-refractivity contribution in [2.45, 2.75) is 24.2 Å². The fourth-order valence-electron chi connectivity index (χ4n) is 1.44. The maximum Gasteiger partial charge on any atom is 0.240 e. The van der Waals surface area contributed by atoms with Crippen molar-refractivity contribution in [2.24, 2.45) is 0 Å². The summed E-state index contributed by atoms with van der Waals surface area (Å²) in [5.74, 6) is 2.53. The van der Waals surface area contributed by atoms with Crippen LogP contribution in [-0.2, 0) is 10.0 Å². The van der Waals surface area contributed by atoms with Gasteiger partial charge < -0.3 is 5.32 Å². The SMILES string of the molecule is C#CCCCCNS(=O)(=O)c1ccc(NC)cc1. The van der Waals surface area contributed by atoms with Gasteiger partial charge in [-0.15, -0.1) is 12.3 Å². The van der Waals surface area contributed by atoms with Gasteiger partial charge in [0.25, 0.3) is 0 Å². The van der Waals surface area contributed by atoms with E-state index in [-0.39, 0.29) is 4.90 Å². The Morgan fingerprint density at radius 1 is 1.22 bits per heavy atom. The van der Waals surface area contributed by atoms with Gasteiger partial charge in [-0.1, -0.05) is 0 Å². The molecule has 2 N–H and O–H groups in total. The Hall–Kier alpha value is -1.51. The molecule has 0 heterocycles. The molecule has 5 heteroatoms. The molecule has 0 saturated carbocycles. The van der Waals surface area contributed by atoms with Gasteiger partial charge in [-0.05, 0) is 37.1 Å². The van der Waals surface area contributed by atoms with E-state index < -0.39 is 10.0 Å². The highest BCUT2D eigenvalue weighted by molar-refractivity contribution is 7.89. The first-order valence-electron chi connectivity index (χ1n) is 5.81. The van der Waals surface area contributed by atoms with Crippen molar-refractivity contribution in [3.8, 4) is 12.3 Å². The van der Waals surface area contributed by atoms with Gasteiger partial charge in [0.05, 0.1) is 4.90 Å². The third-order valence-electron chi connectivity index (χ3n) is 2.49. The number of hydrogen-bond acceptors (Lipinski definition) is 3. The van der Waals surface area contributed by atoms with Crippen LogP contribution < -0.4 is 10.0 Å². The molecular formula is C13H18N2O2S. The summed E-state index contributed by atoms with van der Waals surface area (Å²) in [6, 6.07) is 6.62. The number of benzene rings is 1. The van der Waals surface area contributed by atoms with Crippen LogP contribution in [0.2, 0.25) is 0 Å². The Kier molecular flexibility index (Phi) is 5.69. The summed E-state index contributed by atoms with van der Waals surface area (Å²) in [4.78, 5) is 0.276. The maximum atomic E-state index is 11.9. The minimum Gasteiger partial charge on any atom is -0.388 e. The van der Waals surface area contributed by atoms with Crippen LogP contribution >= 0.6 is 0 Å². The molecule has 98 valence electrons. The second-order valence-electron chi connectivity index (χ2n) is 3.83. The molecule has 0 radical (unpaired) electrons. The third-order valence-corrected chi connectivity index (χ3v) is 3.97. The molecule has 0 aliphatic rings. The number of rotatable bonds is 7.